The predicted octanol–water partition coefficient (Wildman–Crippen LogP) is 3.87. The van der Waals surface area contributed by atoms with Crippen LogP contribution in [0.25, 0.3) is 0 Å². The fourth-order valence-electron chi connectivity index (χ4n) is 4.36. The van der Waals surface area contributed by atoms with Gasteiger partial charge in [0.25, 0.3) is 0 Å². The minimum Gasteiger partial charge on any atom is -0.328 e. The monoisotopic (exact) mass is 376 g/mol. The summed E-state index contributed by atoms with van der Waals surface area (Å²) in [5.74, 6) is 0.850. The molecule has 3 rings (SSSR count). The van der Waals surface area contributed by atoms with E-state index in [-0.39, 0.29) is 11.7 Å². The molecule has 1 aliphatic heterocycles. The quantitative estimate of drug-likeness (QED) is 0.800. The zero-order valence-corrected chi connectivity index (χ0v) is 16.6. The molecule has 0 bridgehead atoms. The molecule has 4 nitrogen and oxygen atoms in total. The summed E-state index contributed by atoms with van der Waals surface area (Å²) in [6, 6.07) is 7.47. The van der Waals surface area contributed by atoms with Gasteiger partial charge < -0.3 is 4.90 Å². The Morgan fingerprint density at radius 2 is 1.96 bits per heavy atom. The Hall–Kier alpha value is -1.39. The average Bonchev–Trinajstić information content (AvgIpc) is 2.64. The maximum Gasteiger partial charge on any atom is 0.237 e. The number of likely N-dealkylation sites (tertiary alicyclic amines) is 1. The van der Waals surface area contributed by atoms with Gasteiger partial charge in [-0.25, -0.2) is 0 Å². The van der Waals surface area contributed by atoms with Gasteiger partial charge in [-0.2, -0.15) is 0 Å². The Kier molecular flexibility index (Phi) is 6.03. The largest absolute Gasteiger partial charge is 0.328 e. The summed E-state index contributed by atoms with van der Waals surface area (Å²) in [6.07, 6.45) is 5.23. The van der Waals surface area contributed by atoms with E-state index >= 15 is 0 Å². The van der Waals surface area contributed by atoms with Crippen LogP contribution in [-0.2, 0) is 15.1 Å². The molecule has 26 heavy (non-hydrogen) atoms. The summed E-state index contributed by atoms with van der Waals surface area (Å²) in [5, 5.41) is 0.564. The molecule has 1 saturated carbocycles. The van der Waals surface area contributed by atoms with Gasteiger partial charge in [0, 0.05) is 24.1 Å². The van der Waals surface area contributed by atoms with Crippen molar-refractivity contribution in [2.24, 2.45) is 5.92 Å². The van der Waals surface area contributed by atoms with E-state index in [1.54, 1.807) is 11.9 Å². The van der Waals surface area contributed by atoms with Crippen LogP contribution < -0.4 is 0 Å². The molecule has 0 radical (unpaired) electrons. The smallest absolute Gasteiger partial charge is 0.237 e. The van der Waals surface area contributed by atoms with Gasteiger partial charge in [-0.15, -0.1) is 0 Å². The first-order chi connectivity index (χ1) is 12.4. The molecule has 0 N–H and O–H groups in total. The fourth-order valence-corrected chi connectivity index (χ4v) is 4.65. The molecule has 0 aromatic heterocycles. The highest BCUT2D eigenvalue weighted by Crippen LogP contribution is 2.42. The van der Waals surface area contributed by atoms with E-state index < -0.39 is 5.54 Å². The zero-order valence-electron chi connectivity index (χ0n) is 15.8. The van der Waals surface area contributed by atoms with Gasteiger partial charge in [0.15, 0.2) is 5.78 Å². The molecule has 1 amide bonds. The second-order valence-corrected chi connectivity index (χ2v) is 8.29. The molecular formula is C21H29ClN2O2. The van der Waals surface area contributed by atoms with E-state index in [1.807, 2.05) is 24.3 Å². The number of carbonyl (C=O) groups excluding carboxylic acids is 2. The van der Waals surface area contributed by atoms with Gasteiger partial charge in [0.2, 0.25) is 5.91 Å². The number of Topliss-reactive ketones (excluding diaryl/α,β-unsaturated/α-hetero) is 1. The van der Waals surface area contributed by atoms with E-state index in [1.165, 1.54) is 0 Å². The van der Waals surface area contributed by atoms with Crippen molar-refractivity contribution in [3.8, 4) is 0 Å². The first kappa shape index (κ1) is 19.4. The number of likely N-dealkylation sites (N-methyl/N-ethyl adjacent to an activating group) is 1. The third-order valence-electron chi connectivity index (χ3n) is 6.15. The number of carbonyl (C=O) groups is 2. The number of hydrogen-bond acceptors (Lipinski definition) is 3. The normalized spacial score (nSPS) is 25.3. The van der Waals surface area contributed by atoms with Crippen LogP contribution in [0.5, 0.6) is 0 Å². The van der Waals surface area contributed by atoms with Crippen molar-refractivity contribution in [3.63, 3.8) is 0 Å². The molecule has 1 saturated heterocycles. The first-order valence-electron chi connectivity index (χ1n) is 9.72. The highest BCUT2D eigenvalue weighted by molar-refractivity contribution is 6.31. The van der Waals surface area contributed by atoms with E-state index in [0.717, 1.165) is 50.3 Å². The predicted molar refractivity (Wildman–Crippen MR) is 104 cm³/mol. The van der Waals surface area contributed by atoms with Crippen molar-refractivity contribution < 1.29 is 9.59 Å². The van der Waals surface area contributed by atoms with E-state index in [2.05, 4.69) is 11.8 Å². The molecule has 0 spiro atoms. The van der Waals surface area contributed by atoms with Crippen LogP contribution in [0.4, 0.5) is 0 Å². The van der Waals surface area contributed by atoms with Crippen molar-refractivity contribution in [1.82, 2.24) is 9.80 Å². The summed E-state index contributed by atoms with van der Waals surface area (Å²) in [6.45, 7) is 4.54. The number of hydrogen-bond donors (Lipinski definition) is 0. The molecule has 1 aliphatic carbocycles. The lowest BCUT2D eigenvalue weighted by atomic mass is 9.74. The summed E-state index contributed by atoms with van der Waals surface area (Å²) in [7, 11) is 1.78. The molecule has 1 aromatic rings. The number of halogens is 1. The molecule has 2 aliphatic rings. The molecule has 2 fully saturated rings. The highest BCUT2D eigenvalue weighted by atomic mass is 35.5. The highest BCUT2D eigenvalue weighted by Gasteiger charge is 2.47. The van der Waals surface area contributed by atoms with Gasteiger partial charge in [0.1, 0.15) is 5.54 Å². The lowest BCUT2D eigenvalue weighted by Gasteiger charge is -2.44. The number of piperidine rings is 1. The van der Waals surface area contributed by atoms with Gasteiger partial charge in [-0.3, -0.25) is 14.5 Å². The van der Waals surface area contributed by atoms with Crippen LogP contribution >= 0.6 is 11.6 Å². The topological polar surface area (TPSA) is 40.6 Å². The Bertz CT molecular complexity index is 670. The molecule has 1 atom stereocenters. The van der Waals surface area contributed by atoms with Crippen molar-refractivity contribution in [2.75, 3.05) is 26.7 Å². The van der Waals surface area contributed by atoms with Crippen molar-refractivity contribution >= 4 is 23.3 Å². The Labute approximate surface area is 161 Å². The van der Waals surface area contributed by atoms with Crippen LogP contribution in [-0.4, -0.2) is 48.2 Å². The number of nitrogens with zero attached hydrogens (tertiary/aromatic N) is 2. The van der Waals surface area contributed by atoms with Gasteiger partial charge in [-0.1, -0.05) is 36.7 Å². The second-order valence-electron chi connectivity index (χ2n) is 7.88. The fraction of sp³-hybridized carbons (Fsp3) is 0.619. The van der Waals surface area contributed by atoms with E-state index in [0.29, 0.717) is 24.4 Å². The maximum atomic E-state index is 13.1. The molecule has 0 unspecified atom stereocenters. The van der Waals surface area contributed by atoms with Crippen molar-refractivity contribution in [3.05, 3.63) is 34.9 Å². The third-order valence-corrected chi connectivity index (χ3v) is 6.48. The molecular weight excluding hydrogens is 348 g/mol. The second kappa shape index (κ2) is 8.10. The van der Waals surface area contributed by atoms with Crippen LogP contribution in [0.3, 0.4) is 0 Å². The standard InChI is InChI=1S/C21H29ClN2O2/c1-16-10-13-24(14-11-16)15-20(26)23(2)21(12-6-5-9-19(21)25)17-7-3-4-8-18(17)22/h3-4,7-8,16H,5-6,9-15H2,1-2H3/t21-/m1/s1. The van der Waals surface area contributed by atoms with Crippen LogP contribution in [0.1, 0.15) is 51.0 Å². The van der Waals surface area contributed by atoms with Gasteiger partial charge in [-0.05, 0) is 57.2 Å². The van der Waals surface area contributed by atoms with Crippen LogP contribution in [0, 0.1) is 5.92 Å². The molecule has 1 heterocycles. The SMILES string of the molecule is CC1CCN(CC(=O)N(C)[C@@]2(c3ccccc3Cl)CCCCC2=O)CC1. The molecule has 142 valence electrons. The average molecular weight is 377 g/mol. The lowest BCUT2D eigenvalue weighted by molar-refractivity contribution is -0.149. The summed E-state index contributed by atoms with van der Waals surface area (Å²) in [4.78, 5) is 30.1. The maximum absolute atomic E-state index is 13.1. The minimum absolute atomic E-state index is 0.00900. The Balaban J connectivity index is 1.86. The molecule has 5 heteroatoms. The number of ketones is 1. The Morgan fingerprint density at radius 3 is 2.62 bits per heavy atom. The first-order valence-corrected chi connectivity index (χ1v) is 10.1. The van der Waals surface area contributed by atoms with Gasteiger partial charge >= 0.3 is 0 Å². The zero-order chi connectivity index (χ0) is 18.7. The number of rotatable bonds is 4. The van der Waals surface area contributed by atoms with Crippen LogP contribution in [0.15, 0.2) is 24.3 Å². The third kappa shape index (κ3) is 3.67. The van der Waals surface area contributed by atoms with E-state index in [9.17, 15) is 9.59 Å². The minimum atomic E-state index is -0.920. The Morgan fingerprint density at radius 1 is 1.27 bits per heavy atom. The van der Waals surface area contributed by atoms with Gasteiger partial charge in [0.05, 0.1) is 6.54 Å². The number of amides is 1. The lowest BCUT2D eigenvalue weighted by Crippen LogP contribution is -2.56. The summed E-state index contributed by atoms with van der Waals surface area (Å²) >= 11 is 6.47. The van der Waals surface area contributed by atoms with Crippen molar-refractivity contribution in [1.29, 1.82) is 0 Å². The van der Waals surface area contributed by atoms with Crippen molar-refractivity contribution in [2.45, 2.75) is 51.0 Å². The number of benzene rings is 1. The summed E-state index contributed by atoms with van der Waals surface area (Å²) in [5.41, 5.74) is -0.147. The summed E-state index contributed by atoms with van der Waals surface area (Å²) < 4.78 is 0. The van der Waals surface area contributed by atoms with E-state index in [4.69, 9.17) is 11.6 Å². The van der Waals surface area contributed by atoms with Crippen LogP contribution in [0.2, 0.25) is 5.02 Å². The molecule has 1 aromatic carbocycles.